The van der Waals surface area contributed by atoms with Gasteiger partial charge in [-0.25, -0.2) is 43.3 Å². The van der Waals surface area contributed by atoms with E-state index >= 15 is 0 Å². The van der Waals surface area contributed by atoms with E-state index in [-0.39, 0.29) is 45.3 Å². The van der Waals surface area contributed by atoms with Crippen LogP contribution >= 0.6 is 20.2 Å². The molecule has 0 amide bonds. The number of hydrogen-bond acceptors (Lipinski definition) is 23. The number of esters is 1. The molecule has 0 aliphatic carbocycles. The molecular formula is C34H35N10O15P3S3. The van der Waals surface area contributed by atoms with Crippen molar-refractivity contribution in [2.24, 2.45) is 0 Å². The molecule has 11 atom stereocenters. The Balaban J connectivity index is 0.921. The molecule has 31 heteroatoms. The van der Waals surface area contributed by atoms with Crippen LogP contribution in [0.5, 0.6) is 0 Å². The van der Waals surface area contributed by atoms with Crippen LogP contribution in [0.3, 0.4) is 0 Å². The van der Waals surface area contributed by atoms with Gasteiger partial charge in [-0.15, -0.1) is 0 Å². The smallest absolute Gasteiger partial charge is 0.339 e. The first-order valence-electron chi connectivity index (χ1n) is 18.6. The average Bonchev–Trinajstić information content (AvgIpc) is 4.03. The summed E-state index contributed by atoms with van der Waals surface area (Å²) in [7, 11) is 0. The molecule has 4 aromatic heterocycles. The van der Waals surface area contributed by atoms with Crippen LogP contribution < -0.4 is 11.5 Å². The Kier molecular flexibility index (Phi) is 13.7. The number of aliphatic hydroxyl groups excluding tert-OH is 3. The van der Waals surface area contributed by atoms with Gasteiger partial charge in [0, 0.05) is 11.1 Å². The summed E-state index contributed by atoms with van der Waals surface area (Å²) in [6, 6.07) is 14.1. The molecule has 0 saturated carbocycles. The zero-order valence-electron chi connectivity index (χ0n) is 32.7. The van der Waals surface area contributed by atoms with Crippen molar-refractivity contribution in [3.05, 3.63) is 96.6 Å². The van der Waals surface area contributed by atoms with Crippen molar-refractivity contribution in [2.75, 3.05) is 24.7 Å². The van der Waals surface area contributed by atoms with Crippen LogP contribution in [0, 0.1) is 0 Å². The normalized spacial score (nSPS) is 26.1. The van der Waals surface area contributed by atoms with E-state index in [1.165, 1.54) is 52.4 Å². The largest absolute Gasteiger partial charge is 0.453 e. The van der Waals surface area contributed by atoms with Crippen molar-refractivity contribution in [1.82, 2.24) is 39.0 Å². The highest BCUT2D eigenvalue weighted by molar-refractivity contribution is 8.17. The molecule has 2 fully saturated rings. The van der Waals surface area contributed by atoms with Gasteiger partial charge in [0.05, 0.1) is 31.4 Å². The highest BCUT2D eigenvalue weighted by Gasteiger charge is 2.49. The second-order valence-corrected chi connectivity index (χ2v) is 22.9. The number of fused-ring (bicyclic) bond motifs is 2. The second kappa shape index (κ2) is 18.8. The number of nitrogen functional groups attached to an aromatic ring is 2. The topological polar surface area (TPSA) is 359 Å². The van der Waals surface area contributed by atoms with Crippen molar-refractivity contribution in [2.45, 2.75) is 49.1 Å². The van der Waals surface area contributed by atoms with Crippen LogP contribution in [0.2, 0.25) is 0 Å². The first kappa shape index (κ1) is 47.3. The summed E-state index contributed by atoms with van der Waals surface area (Å²) >= 11 is 15.0. The fraction of sp³-hybridized carbons (Fsp3) is 0.294. The highest BCUT2D eigenvalue weighted by atomic mass is 32.5. The third-order valence-electron chi connectivity index (χ3n) is 9.85. The maximum atomic E-state index is 13.5. The maximum Gasteiger partial charge on any atom is 0.339 e. The number of aromatic nitrogens is 8. The maximum absolute atomic E-state index is 13.5. The number of rotatable bonds is 16. The van der Waals surface area contributed by atoms with Crippen molar-refractivity contribution >= 4 is 101 Å². The lowest BCUT2D eigenvalue weighted by atomic mass is 10.0. The molecule has 0 radical (unpaired) electrons. The third-order valence-corrected chi connectivity index (χ3v) is 17.1. The van der Waals surface area contributed by atoms with E-state index < -0.39 is 88.4 Å². The van der Waals surface area contributed by atoms with Gasteiger partial charge in [-0.05, 0) is 47.6 Å². The zero-order valence-corrected chi connectivity index (χ0v) is 37.8. The molecule has 10 N–H and O–H groups in total. The number of aliphatic hydroxyl groups is 3. The Morgan fingerprint density at radius 2 is 1.11 bits per heavy atom. The van der Waals surface area contributed by atoms with E-state index in [0.29, 0.717) is 11.1 Å². The number of nitrogens with two attached hydrogens (primary N) is 2. The second-order valence-electron chi connectivity index (χ2n) is 14.1. The van der Waals surface area contributed by atoms with E-state index in [1.54, 1.807) is 30.3 Å². The van der Waals surface area contributed by atoms with E-state index in [1.807, 2.05) is 0 Å². The number of ether oxygens (including phenoxy) is 3. The lowest BCUT2D eigenvalue weighted by Crippen LogP contribution is -2.38. The number of imidazole rings is 2. The molecule has 2 saturated heterocycles. The standard InChI is InChI=1S/C34H35N10O15P3S3/c35-28-21-30(39-12-37-28)43(14-41-21)32-25(47)24(46)19(55-32)10-53-60(50,63)58-62(52,65)59-61(51,64)54-11-20-27(26(48)33(56-20)44-15-42-22-29(36)38-13-40-31(22)44)57-34(49)18-8-6-17(7-9-18)23(45)16-4-2-1-3-5-16/h1-9,12-15,19-20,24-27,32-33,46-48H,10-11H2,(H,50,63)(H,51,64)(H,52,65)(H2,35,37,39)(H2,36,38,40)/t19-,20-,24-,25-,26-,27-,32-,33-,60?,61?,62?/m1/s1. The summed E-state index contributed by atoms with van der Waals surface area (Å²) in [6.07, 6.45) is -6.93. The average molecular weight is 1010 g/mol. The molecule has 25 nitrogen and oxygen atoms in total. The predicted octanol–water partition coefficient (Wildman–Crippen LogP) is 0.881. The summed E-state index contributed by atoms with van der Waals surface area (Å²) in [5.74, 6) is -1.15. The Hall–Kier alpha value is -4.25. The Bertz CT molecular complexity index is 2900. The number of carbonyl (C=O) groups is 2. The predicted molar refractivity (Wildman–Crippen MR) is 234 cm³/mol. The minimum atomic E-state index is -4.83. The van der Waals surface area contributed by atoms with Crippen molar-refractivity contribution in [3.8, 4) is 0 Å². The fourth-order valence-corrected chi connectivity index (χ4v) is 14.7. The monoisotopic (exact) mass is 1010 g/mol. The molecule has 65 heavy (non-hydrogen) atoms. The molecule has 0 spiro atoms. The van der Waals surface area contributed by atoms with E-state index in [0.717, 1.165) is 6.33 Å². The Morgan fingerprint density at radius 1 is 0.631 bits per heavy atom. The summed E-state index contributed by atoms with van der Waals surface area (Å²) in [5.41, 5.74) is 13.2. The number of nitrogens with zero attached hydrogens (tertiary/aromatic N) is 8. The quantitative estimate of drug-likeness (QED) is 0.0379. The van der Waals surface area contributed by atoms with Crippen LogP contribution in [0.15, 0.2) is 79.9 Å². The summed E-state index contributed by atoms with van der Waals surface area (Å²) in [6.45, 7) is -15.6. The fourth-order valence-electron chi connectivity index (χ4n) is 6.80. The van der Waals surface area contributed by atoms with Gasteiger partial charge in [0.25, 0.3) is 0 Å². The zero-order chi connectivity index (χ0) is 46.4. The van der Waals surface area contributed by atoms with Crippen LogP contribution in [-0.4, -0.2) is 131 Å². The number of anilines is 2. The molecule has 0 bridgehead atoms. The summed E-state index contributed by atoms with van der Waals surface area (Å²) in [5, 5.41) is 33.0. The van der Waals surface area contributed by atoms with Crippen molar-refractivity contribution < 1.29 is 71.5 Å². The van der Waals surface area contributed by atoms with E-state index in [4.69, 9.17) is 78.8 Å². The van der Waals surface area contributed by atoms with Gasteiger partial charge in [-0.1, -0.05) is 42.5 Å². The van der Waals surface area contributed by atoms with Gasteiger partial charge in [0.1, 0.15) is 54.2 Å². The van der Waals surface area contributed by atoms with Crippen LogP contribution in [0.4, 0.5) is 11.6 Å². The third kappa shape index (κ3) is 10.2. The van der Waals surface area contributed by atoms with Gasteiger partial charge >= 0.3 is 26.1 Å². The van der Waals surface area contributed by atoms with Gasteiger partial charge in [0.15, 0.2) is 47.3 Å². The number of benzene rings is 2. The SMILES string of the molecule is Nc1ncnc2c1ncn2[C@@H]1O[C@H](COP(O)(=S)OP(O)(=S)OP(O)(=S)OC[C@H]2O[C@@H](n3cnc4c(N)ncnc43)[C@H](O)[C@@H]2OC(=O)c2ccc(C(=O)c3ccccc3)cc2)[C@@H](O)[C@H]1O. The van der Waals surface area contributed by atoms with Crippen LogP contribution in [0.1, 0.15) is 38.7 Å². The van der Waals surface area contributed by atoms with Gasteiger partial charge in [-0.2, -0.15) is 0 Å². The van der Waals surface area contributed by atoms with Crippen molar-refractivity contribution in [3.63, 3.8) is 0 Å². The summed E-state index contributed by atoms with van der Waals surface area (Å²) in [4.78, 5) is 83.4. The molecule has 2 aromatic carbocycles. The van der Waals surface area contributed by atoms with Gasteiger partial charge in [-0.3, -0.25) is 13.9 Å². The van der Waals surface area contributed by atoms with Crippen LogP contribution in [-0.2, 0) is 67.3 Å². The Morgan fingerprint density at radius 3 is 1.66 bits per heavy atom. The molecule has 3 unspecified atom stereocenters. The van der Waals surface area contributed by atoms with E-state index in [9.17, 15) is 39.6 Å². The molecule has 2 aliphatic heterocycles. The van der Waals surface area contributed by atoms with Gasteiger partial charge in [0.2, 0.25) is 0 Å². The summed E-state index contributed by atoms with van der Waals surface area (Å²) < 4.78 is 40.9. The molecule has 344 valence electrons. The number of hydrogen-bond donors (Lipinski definition) is 8. The number of ketones is 1. The lowest BCUT2D eigenvalue weighted by Gasteiger charge is -2.26. The lowest BCUT2D eigenvalue weighted by molar-refractivity contribution is -0.0502. The van der Waals surface area contributed by atoms with Crippen molar-refractivity contribution in [1.29, 1.82) is 0 Å². The molecule has 8 rings (SSSR count). The first-order valence-corrected chi connectivity index (χ1v) is 26.4. The number of carbonyl (C=O) groups excluding carboxylic acids is 2. The highest BCUT2D eigenvalue weighted by Crippen LogP contribution is 2.68. The van der Waals surface area contributed by atoms with Gasteiger partial charge < -0.3 is 64.7 Å². The molecular weight excluding hydrogens is 978 g/mol. The first-order chi connectivity index (χ1) is 30.8. The minimum Gasteiger partial charge on any atom is -0.453 e. The van der Waals surface area contributed by atoms with Crippen LogP contribution in [0.25, 0.3) is 22.3 Å². The minimum absolute atomic E-state index is 0.00768. The molecule has 6 heterocycles. The molecule has 6 aromatic rings. The van der Waals surface area contributed by atoms with E-state index in [2.05, 4.69) is 29.9 Å². The molecule has 2 aliphatic rings. The Labute approximate surface area is 380 Å².